The lowest BCUT2D eigenvalue weighted by atomic mass is 9.98. The van der Waals surface area contributed by atoms with Gasteiger partial charge in [-0.3, -0.25) is 4.79 Å². The fourth-order valence-corrected chi connectivity index (χ4v) is 1.80. The van der Waals surface area contributed by atoms with Crippen LogP contribution in [0, 0.1) is 0 Å². The Kier molecular flexibility index (Phi) is 3.29. The van der Waals surface area contributed by atoms with E-state index in [9.17, 15) is 18.0 Å². The first-order chi connectivity index (χ1) is 8.89. The van der Waals surface area contributed by atoms with Crippen molar-refractivity contribution in [1.82, 2.24) is 0 Å². The number of primary amides is 1. The van der Waals surface area contributed by atoms with Crippen LogP contribution in [0.15, 0.2) is 48.5 Å². The Hall–Kier alpha value is -2.30. The molecule has 2 N–H and O–H groups in total. The first kappa shape index (κ1) is 13.1. The van der Waals surface area contributed by atoms with E-state index in [0.29, 0.717) is 11.1 Å². The van der Waals surface area contributed by atoms with Crippen LogP contribution in [-0.4, -0.2) is 5.91 Å². The quantitative estimate of drug-likeness (QED) is 0.887. The number of hydrogen-bond donors (Lipinski definition) is 1. The Labute approximate surface area is 107 Å². The highest BCUT2D eigenvalue weighted by atomic mass is 19.4. The van der Waals surface area contributed by atoms with Gasteiger partial charge in [0.05, 0.1) is 11.1 Å². The van der Waals surface area contributed by atoms with E-state index in [4.69, 9.17) is 5.73 Å². The number of carbonyl (C=O) groups is 1. The SMILES string of the molecule is NC(=O)c1ccc(-c2ccccc2)cc1C(F)(F)F. The Morgan fingerprint density at radius 1 is 0.947 bits per heavy atom. The van der Waals surface area contributed by atoms with Crippen LogP contribution in [0.5, 0.6) is 0 Å². The molecule has 0 radical (unpaired) electrons. The van der Waals surface area contributed by atoms with Crippen molar-refractivity contribution < 1.29 is 18.0 Å². The summed E-state index contributed by atoms with van der Waals surface area (Å²) in [6.45, 7) is 0. The average Bonchev–Trinajstić information content (AvgIpc) is 2.38. The van der Waals surface area contributed by atoms with Crippen molar-refractivity contribution in [1.29, 1.82) is 0 Å². The summed E-state index contributed by atoms with van der Waals surface area (Å²) >= 11 is 0. The van der Waals surface area contributed by atoms with Gasteiger partial charge in [0.2, 0.25) is 5.91 Å². The van der Waals surface area contributed by atoms with Crippen LogP contribution in [0.1, 0.15) is 15.9 Å². The number of halogens is 3. The largest absolute Gasteiger partial charge is 0.417 e. The van der Waals surface area contributed by atoms with Crippen molar-refractivity contribution >= 4 is 5.91 Å². The normalized spacial score (nSPS) is 11.3. The summed E-state index contributed by atoms with van der Waals surface area (Å²) < 4.78 is 38.7. The molecule has 0 saturated heterocycles. The highest BCUT2D eigenvalue weighted by Gasteiger charge is 2.35. The molecule has 0 aliphatic carbocycles. The van der Waals surface area contributed by atoms with Crippen molar-refractivity contribution in [3.8, 4) is 11.1 Å². The molecule has 0 bridgehead atoms. The minimum absolute atomic E-state index is 0.387. The summed E-state index contributed by atoms with van der Waals surface area (Å²) in [5, 5.41) is 0. The zero-order chi connectivity index (χ0) is 14.0. The highest BCUT2D eigenvalue weighted by Crippen LogP contribution is 2.34. The van der Waals surface area contributed by atoms with Gasteiger partial charge in [0, 0.05) is 0 Å². The lowest BCUT2D eigenvalue weighted by molar-refractivity contribution is -0.137. The minimum atomic E-state index is -4.62. The zero-order valence-corrected chi connectivity index (χ0v) is 9.74. The molecule has 0 aliphatic heterocycles. The van der Waals surface area contributed by atoms with E-state index < -0.39 is 23.2 Å². The van der Waals surface area contributed by atoms with Gasteiger partial charge in [-0.25, -0.2) is 0 Å². The van der Waals surface area contributed by atoms with Crippen LogP contribution < -0.4 is 5.73 Å². The second kappa shape index (κ2) is 4.76. The molecule has 19 heavy (non-hydrogen) atoms. The van der Waals surface area contributed by atoms with Crippen molar-refractivity contribution in [3.05, 3.63) is 59.7 Å². The number of carbonyl (C=O) groups excluding carboxylic acids is 1. The molecular formula is C14H10F3NO. The third-order valence-corrected chi connectivity index (χ3v) is 2.70. The van der Waals surface area contributed by atoms with Gasteiger partial charge in [-0.15, -0.1) is 0 Å². The summed E-state index contributed by atoms with van der Waals surface area (Å²) in [5.74, 6) is -1.09. The first-order valence-corrected chi connectivity index (χ1v) is 5.46. The molecule has 2 aromatic carbocycles. The van der Waals surface area contributed by atoms with Crippen LogP contribution in [0.4, 0.5) is 13.2 Å². The molecule has 0 aromatic heterocycles. The molecule has 5 heteroatoms. The average molecular weight is 265 g/mol. The van der Waals surface area contributed by atoms with E-state index in [1.165, 1.54) is 6.07 Å². The second-order valence-corrected chi connectivity index (χ2v) is 3.99. The van der Waals surface area contributed by atoms with Crippen LogP contribution in [0.25, 0.3) is 11.1 Å². The Morgan fingerprint density at radius 3 is 2.11 bits per heavy atom. The molecule has 0 aliphatic rings. The molecule has 1 amide bonds. The van der Waals surface area contributed by atoms with Crippen LogP contribution in [0.3, 0.4) is 0 Å². The van der Waals surface area contributed by atoms with Crippen molar-refractivity contribution in [2.24, 2.45) is 5.73 Å². The molecule has 0 heterocycles. The number of hydrogen-bond acceptors (Lipinski definition) is 1. The maximum atomic E-state index is 12.9. The van der Waals surface area contributed by atoms with E-state index in [1.54, 1.807) is 30.3 Å². The third-order valence-electron chi connectivity index (χ3n) is 2.70. The number of alkyl halides is 3. The minimum Gasteiger partial charge on any atom is -0.366 e. The number of nitrogens with two attached hydrogens (primary N) is 1. The van der Waals surface area contributed by atoms with Gasteiger partial charge in [0.15, 0.2) is 0 Å². The monoisotopic (exact) mass is 265 g/mol. The lowest BCUT2D eigenvalue weighted by Gasteiger charge is -2.12. The number of rotatable bonds is 2. The maximum Gasteiger partial charge on any atom is 0.417 e. The summed E-state index contributed by atoms with van der Waals surface area (Å²) in [4.78, 5) is 11.0. The van der Waals surface area contributed by atoms with Gasteiger partial charge < -0.3 is 5.73 Å². The number of amides is 1. The maximum absolute atomic E-state index is 12.9. The van der Waals surface area contributed by atoms with Gasteiger partial charge in [0.1, 0.15) is 0 Å². The Balaban J connectivity index is 2.60. The Bertz CT molecular complexity index is 606. The fourth-order valence-electron chi connectivity index (χ4n) is 1.80. The standard InChI is InChI=1S/C14H10F3NO/c15-14(16,17)12-8-10(6-7-11(12)13(18)19)9-4-2-1-3-5-9/h1-8H,(H2,18,19). The molecule has 2 rings (SSSR count). The zero-order valence-electron chi connectivity index (χ0n) is 9.74. The summed E-state index contributed by atoms with van der Waals surface area (Å²) in [7, 11) is 0. The molecular weight excluding hydrogens is 255 g/mol. The predicted molar refractivity (Wildman–Crippen MR) is 65.4 cm³/mol. The van der Waals surface area contributed by atoms with Crippen LogP contribution in [0.2, 0.25) is 0 Å². The predicted octanol–water partition coefficient (Wildman–Crippen LogP) is 3.47. The summed E-state index contributed by atoms with van der Waals surface area (Å²) in [6, 6.07) is 12.1. The fraction of sp³-hybridized carbons (Fsp3) is 0.0714. The molecule has 0 unspecified atom stereocenters. The smallest absolute Gasteiger partial charge is 0.366 e. The highest BCUT2D eigenvalue weighted by molar-refractivity contribution is 5.95. The molecule has 2 aromatic rings. The second-order valence-electron chi connectivity index (χ2n) is 3.99. The molecule has 0 saturated carbocycles. The van der Waals surface area contributed by atoms with Gasteiger partial charge >= 0.3 is 6.18 Å². The van der Waals surface area contributed by atoms with E-state index in [2.05, 4.69) is 0 Å². The van der Waals surface area contributed by atoms with Gasteiger partial charge in [-0.2, -0.15) is 13.2 Å². The van der Waals surface area contributed by atoms with Crippen molar-refractivity contribution in [2.75, 3.05) is 0 Å². The third kappa shape index (κ3) is 2.76. The van der Waals surface area contributed by atoms with E-state index in [1.807, 2.05) is 0 Å². The molecule has 0 spiro atoms. The molecule has 2 nitrogen and oxygen atoms in total. The topological polar surface area (TPSA) is 43.1 Å². The van der Waals surface area contributed by atoms with Gasteiger partial charge in [-0.05, 0) is 23.3 Å². The van der Waals surface area contributed by atoms with E-state index in [0.717, 1.165) is 12.1 Å². The van der Waals surface area contributed by atoms with Crippen LogP contribution >= 0.6 is 0 Å². The molecule has 0 atom stereocenters. The van der Waals surface area contributed by atoms with E-state index >= 15 is 0 Å². The summed E-state index contributed by atoms with van der Waals surface area (Å²) in [5.41, 5.74) is 4.46. The van der Waals surface area contributed by atoms with Gasteiger partial charge in [-0.1, -0.05) is 36.4 Å². The van der Waals surface area contributed by atoms with Crippen LogP contribution in [-0.2, 0) is 6.18 Å². The molecule has 0 fully saturated rings. The first-order valence-electron chi connectivity index (χ1n) is 5.46. The van der Waals surface area contributed by atoms with Crippen molar-refractivity contribution in [2.45, 2.75) is 6.18 Å². The van der Waals surface area contributed by atoms with Gasteiger partial charge in [0.25, 0.3) is 0 Å². The Morgan fingerprint density at radius 2 is 1.58 bits per heavy atom. The van der Waals surface area contributed by atoms with Crippen molar-refractivity contribution in [3.63, 3.8) is 0 Å². The number of benzene rings is 2. The summed E-state index contributed by atoms with van der Waals surface area (Å²) in [6.07, 6.45) is -4.62. The van der Waals surface area contributed by atoms with E-state index in [-0.39, 0.29) is 0 Å². The molecule has 98 valence electrons. The lowest BCUT2D eigenvalue weighted by Crippen LogP contribution is -2.18.